The SMILES string of the molecule is CCc1cc2c(=O)n(CC(=O)Nc3nnc(COC)s3)cnc2s1. The van der Waals surface area contributed by atoms with Crippen LogP contribution in [0.4, 0.5) is 5.13 Å². The van der Waals surface area contributed by atoms with Gasteiger partial charge in [0.05, 0.1) is 11.7 Å². The average molecular weight is 365 g/mol. The molecule has 0 radical (unpaired) electrons. The maximum atomic E-state index is 12.4. The van der Waals surface area contributed by atoms with Crippen molar-refractivity contribution in [2.75, 3.05) is 12.4 Å². The summed E-state index contributed by atoms with van der Waals surface area (Å²) in [6.45, 7) is 2.24. The van der Waals surface area contributed by atoms with Gasteiger partial charge >= 0.3 is 0 Å². The van der Waals surface area contributed by atoms with E-state index in [-0.39, 0.29) is 18.0 Å². The van der Waals surface area contributed by atoms with Crippen LogP contribution in [-0.4, -0.2) is 32.8 Å². The molecule has 3 aromatic rings. The van der Waals surface area contributed by atoms with Crippen molar-refractivity contribution in [1.82, 2.24) is 19.7 Å². The summed E-state index contributed by atoms with van der Waals surface area (Å²) in [5, 5.41) is 12.0. The molecule has 0 aliphatic carbocycles. The van der Waals surface area contributed by atoms with E-state index in [1.54, 1.807) is 7.11 Å². The second kappa shape index (κ2) is 7.16. The molecule has 0 fully saturated rings. The Balaban J connectivity index is 1.74. The normalized spacial score (nSPS) is 11.1. The molecule has 0 aliphatic heterocycles. The topological polar surface area (TPSA) is 99.0 Å². The number of ether oxygens (including phenoxy) is 1. The van der Waals surface area contributed by atoms with Crippen LogP contribution < -0.4 is 10.9 Å². The number of carbonyl (C=O) groups excluding carboxylic acids is 1. The zero-order valence-electron chi connectivity index (χ0n) is 13.1. The number of aromatic nitrogens is 4. The molecule has 10 heteroatoms. The molecule has 1 N–H and O–H groups in total. The molecule has 24 heavy (non-hydrogen) atoms. The van der Waals surface area contributed by atoms with E-state index in [1.807, 2.05) is 13.0 Å². The number of thiophene rings is 1. The van der Waals surface area contributed by atoms with Crippen molar-refractivity contribution in [3.8, 4) is 0 Å². The molecule has 0 spiro atoms. The minimum Gasteiger partial charge on any atom is -0.377 e. The van der Waals surface area contributed by atoms with Crippen LogP contribution in [-0.2, 0) is 29.1 Å². The smallest absolute Gasteiger partial charge is 0.262 e. The fraction of sp³-hybridized carbons (Fsp3) is 0.357. The quantitative estimate of drug-likeness (QED) is 0.713. The van der Waals surface area contributed by atoms with Crippen LogP contribution >= 0.6 is 22.7 Å². The Morgan fingerprint density at radius 1 is 1.38 bits per heavy atom. The molecule has 3 rings (SSSR count). The lowest BCUT2D eigenvalue weighted by atomic mass is 10.3. The molecule has 1 amide bonds. The largest absolute Gasteiger partial charge is 0.377 e. The standard InChI is InChI=1S/C14H15N5O3S2/c1-3-8-4-9-12(23-8)15-7-19(13(9)21)5-10(20)16-14-18-17-11(24-14)6-22-2/h4,7H,3,5-6H2,1-2H3,(H,16,18,20). The maximum absolute atomic E-state index is 12.4. The minimum atomic E-state index is -0.357. The number of nitrogens with one attached hydrogen (secondary N) is 1. The zero-order chi connectivity index (χ0) is 17.1. The van der Waals surface area contributed by atoms with Crippen LogP contribution in [0, 0.1) is 0 Å². The van der Waals surface area contributed by atoms with Crippen molar-refractivity contribution in [3.63, 3.8) is 0 Å². The van der Waals surface area contributed by atoms with Crippen molar-refractivity contribution in [1.29, 1.82) is 0 Å². The van der Waals surface area contributed by atoms with E-state index in [1.165, 1.54) is 33.6 Å². The highest BCUT2D eigenvalue weighted by atomic mass is 32.1. The molecule has 0 atom stereocenters. The lowest BCUT2D eigenvalue weighted by molar-refractivity contribution is -0.116. The maximum Gasteiger partial charge on any atom is 0.262 e. The Labute approximate surface area is 145 Å². The van der Waals surface area contributed by atoms with Gasteiger partial charge in [-0.2, -0.15) is 0 Å². The number of carbonyl (C=O) groups is 1. The second-order valence-corrected chi connectivity index (χ2v) is 7.12. The summed E-state index contributed by atoms with van der Waals surface area (Å²) in [5.41, 5.74) is -0.219. The van der Waals surface area contributed by atoms with Gasteiger partial charge in [0.2, 0.25) is 11.0 Å². The van der Waals surface area contributed by atoms with Crippen LogP contribution in [0.5, 0.6) is 0 Å². The summed E-state index contributed by atoms with van der Waals surface area (Å²) in [5.74, 6) is -0.357. The van der Waals surface area contributed by atoms with E-state index in [4.69, 9.17) is 4.74 Å². The highest BCUT2D eigenvalue weighted by Crippen LogP contribution is 2.21. The molecule has 126 valence electrons. The third kappa shape index (κ3) is 3.50. The summed E-state index contributed by atoms with van der Waals surface area (Å²) in [4.78, 5) is 30.6. The molecular weight excluding hydrogens is 350 g/mol. The average Bonchev–Trinajstić information content (AvgIpc) is 3.17. The number of hydrogen-bond acceptors (Lipinski definition) is 8. The van der Waals surface area contributed by atoms with Gasteiger partial charge in [0.1, 0.15) is 23.0 Å². The third-order valence-electron chi connectivity index (χ3n) is 3.21. The summed E-state index contributed by atoms with van der Waals surface area (Å²) in [6.07, 6.45) is 2.25. The Morgan fingerprint density at radius 3 is 2.96 bits per heavy atom. The fourth-order valence-corrected chi connectivity index (χ4v) is 3.75. The first-order valence-corrected chi connectivity index (χ1v) is 8.83. The van der Waals surface area contributed by atoms with Crippen LogP contribution in [0.1, 0.15) is 16.8 Å². The first kappa shape index (κ1) is 16.7. The molecule has 0 unspecified atom stereocenters. The van der Waals surface area contributed by atoms with Crippen molar-refractivity contribution < 1.29 is 9.53 Å². The molecule has 0 aromatic carbocycles. The minimum absolute atomic E-state index is 0.127. The number of methoxy groups -OCH3 is 1. The Kier molecular flexibility index (Phi) is 4.97. The van der Waals surface area contributed by atoms with Crippen LogP contribution in [0.15, 0.2) is 17.2 Å². The number of nitrogens with zero attached hydrogens (tertiary/aromatic N) is 4. The molecular formula is C14H15N5O3S2. The van der Waals surface area contributed by atoms with E-state index >= 15 is 0 Å². The predicted octanol–water partition coefficient (Wildman–Crippen LogP) is 1.66. The lowest BCUT2D eigenvalue weighted by Crippen LogP contribution is -2.27. The molecule has 3 heterocycles. The van der Waals surface area contributed by atoms with Gasteiger partial charge in [-0.3, -0.25) is 19.5 Å². The summed E-state index contributed by atoms with van der Waals surface area (Å²) < 4.78 is 6.24. The Bertz CT molecular complexity index is 930. The van der Waals surface area contributed by atoms with Gasteiger partial charge in [-0.05, 0) is 12.5 Å². The fourth-order valence-electron chi connectivity index (χ4n) is 2.10. The number of rotatable bonds is 6. The highest BCUT2D eigenvalue weighted by molar-refractivity contribution is 7.18. The van der Waals surface area contributed by atoms with E-state index in [9.17, 15) is 9.59 Å². The van der Waals surface area contributed by atoms with Gasteiger partial charge in [-0.15, -0.1) is 21.5 Å². The summed E-state index contributed by atoms with van der Waals surface area (Å²) in [6, 6.07) is 1.84. The first-order chi connectivity index (χ1) is 11.6. The molecule has 0 saturated heterocycles. The molecule has 0 saturated carbocycles. The summed E-state index contributed by atoms with van der Waals surface area (Å²) >= 11 is 2.72. The van der Waals surface area contributed by atoms with E-state index in [0.29, 0.717) is 27.0 Å². The molecule has 8 nitrogen and oxygen atoms in total. The van der Waals surface area contributed by atoms with E-state index < -0.39 is 0 Å². The van der Waals surface area contributed by atoms with Gasteiger partial charge in [-0.1, -0.05) is 18.3 Å². The number of aryl methyl sites for hydroxylation is 1. The van der Waals surface area contributed by atoms with Crippen molar-refractivity contribution in [3.05, 3.63) is 32.6 Å². The Morgan fingerprint density at radius 2 is 2.21 bits per heavy atom. The van der Waals surface area contributed by atoms with Crippen LogP contribution in [0.3, 0.4) is 0 Å². The van der Waals surface area contributed by atoms with Gasteiger partial charge in [-0.25, -0.2) is 4.98 Å². The number of hydrogen-bond donors (Lipinski definition) is 1. The predicted molar refractivity (Wildman–Crippen MR) is 92.5 cm³/mol. The van der Waals surface area contributed by atoms with Crippen molar-refractivity contribution in [2.24, 2.45) is 0 Å². The number of fused-ring (bicyclic) bond motifs is 1. The third-order valence-corrected chi connectivity index (χ3v) is 5.21. The monoisotopic (exact) mass is 365 g/mol. The van der Waals surface area contributed by atoms with Gasteiger partial charge in [0.15, 0.2) is 0 Å². The number of amides is 1. The molecule has 0 bridgehead atoms. The Hall–Kier alpha value is -2.17. The van der Waals surface area contributed by atoms with E-state index in [0.717, 1.165) is 11.3 Å². The summed E-state index contributed by atoms with van der Waals surface area (Å²) in [7, 11) is 1.56. The van der Waals surface area contributed by atoms with Crippen LogP contribution in [0.2, 0.25) is 0 Å². The molecule has 0 aliphatic rings. The second-order valence-electron chi connectivity index (χ2n) is 4.94. The molecule has 3 aromatic heterocycles. The van der Waals surface area contributed by atoms with Crippen molar-refractivity contribution >= 4 is 43.9 Å². The lowest BCUT2D eigenvalue weighted by Gasteiger charge is -2.04. The van der Waals surface area contributed by atoms with Gasteiger partial charge in [0, 0.05) is 12.0 Å². The van der Waals surface area contributed by atoms with E-state index in [2.05, 4.69) is 20.5 Å². The number of anilines is 1. The van der Waals surface area contributed by atoms with Gasteiger partial charge in [0.25, 0.3) is 5.56 Å². The zero-order valence-corrected chi connectivity index (χ0v) is 14.7. The van der Waals surface area contributed by atoms with Crippen molar-refractivity contribution in [2.45, 2.75) is 26.5 Å². The highest BCUT2D eigenvalue weighted by Gasteiger charge is 2.12. The van der Waals surface area contributed by atoms with Gasteiger partial charge < -0.3 is 4.74 Å². The first-order valence-electron chi connectivity index (χ1n) is 7.19. The van der Waals surface area contributed by atoms with Crippen LogP contribution in [0.25, 0.3) is 10.2 Å².